The van der Waals surface area contributed by atoms with E-state index in [1.807, 2.05) is 36.7 Å². The van der Waals surface area contributed by atoms with Crippen LogP contribution in [-0.4, -0.2) is 42.0 Å². The zero-order valence-electron chi connectivity index (χ0n) is 18.7. The van der Waals surface area contributed by atoms with Crippen LogP contribution in [0, 0.1) is 6.92 Å². The molecule has 1 aliphatic heterocycles. The van der Waals surface area contributed by atoms with Gasteiger partial charge < -0.3 is 10.1 Å². The van der Waals surface area contributed by atoms with E-state index >= 15 is 0 Å². The molecule has 2 heterocycles. The Morgan fingerprint density at radius 1 is 1.09 bits per heavy atom. The number of pyridine rings is 1. The van der Waals surface area contributed by atoms with Crippen molar-refractivity contribution in [2.45, 2.75) is 32.7 Å². The van der Waals surface area contributed by atoms with Gasteiger partial charge in [0.15, 0.2) is 0 Å². The second-order valence-electron chi connectivity index (χ2n) is 8.34. The molecule has 5 heteroatoms. The van der Waals surface area contributed by atoms with Gasteiger partial charge in [-0.25, -0.2) is 0 Å². The zero-order valence-corrected chi connectivity index (χ0v) is 18.7. The van der Waals surface area contributed by atoms with Crippen LogP contribution in [-0.2, 0) is 19.4 Å². The van der Waals surface area contributed by atoms with E-state index in [-0.39, 0.29) is 5.91 Å². The fraction of sp³-hybridized carbons (Fsp3) is 0.333. The first kappa shape index (κ1) is 22.0. The molecule has 0 bridgehead atoms. The monoisotopic (exact) mass is 429 g/mol. The quantitative estimate of drug-likeness (QED) is 0.491. The van der Waals surface area contributed by atoms with Gasteiger partial charge in [-0.1, -0.05) is 30.3 Å². The number of fused-ring (bicyclic) bond motifs is 1. The summed E-state index contributed by atoms with van der Waals surface area (Å²) < 4.78 is 6.03. The van der Waals surface area contributed by atoms with E-state index in [0.29, 0.717) is 13.2 Å². The predicted octanol–water partition coefficient (Wildman–Crippen LogP) is 4.19. The maximum Gasteiger partial charge on any atom is 0.251 e. The van der Waals surface area contributed by atoms with Crippen LogP contribution in [0.25, 0.3) is 0 Å². The summed E-state index contributed by atoms with van der Waals surface area (Å²) in [6, 6.07) is 18.5. The van der Waals surface area contributed by atoms with Crippen molar-refractivity contribution in [3.63, 3.8) is 0 Å². The highest BCUT2D eigenvalue weighted by Crippen LogP contribution is 2.21. The maximum atomic E-state index is 11.9. The minimum Gasteiger partial charge on any atom is -0.494 e. The van der Waals surface area contributed by atoms with Gasteiger partial charge in [0.2, 0.25) is 0 Å². The van der Waals surface area contributed by atoms with Crippen molar-refractivity contribution in [1.82, 2.24) is 15.2 Å². The number of hydrogen-bond acceptors (Lipinski definition) is 4. The number of aromatic nitrogens is 1. The van der Waals surface area contributed by atoms with Gasteiger partial charge in [0.1, 0.15) is 5.75 Å². The highest BCUT2D eigenvalue weighted by Gasteiger charge is 2.16. The van der Waals surface area contributed by atoms with Gasteiger partial charge in [0.05, 0.1) is 6.61 Å². The number of nitrogens with one attached hydrogen (secondary N) is 1. The van der Waals surface area contributed by atoms with Crippen LogP contribution in [0.3, 0.4) is 0 Å². The molecule has 0 saturated heterocycles. The lowest BCUT2D eigenvalue weighted by Crippen LogP contribution is -2.31. The molecule has 4 rings (SSSR count). The van der Waals surface area contributed by atoms with Crippen molar-refractivity contribution >= 4 is 5.91 Å². The van der Waals surface area contributed by atoms with Crippen LogP contribution < -0.4 is 10.1 Å². The average molecular weight is 430 g/mol. The first-order chi connectivity index (χ1) is 15.7. The summed E-state index contributed by atoms with van der Waals surface area (Å²) in [6.07, 6.45) is 6.55. The third-order valence-corrected chi connectivity index (χ3v) is 5.98. The summed E-state index contributed by atoms with van der Waals surface area (Å²) in [5.41, 5.74) is 5.80. The number of carbonyl (C=O) groups excluding carboxylic acids is 1. The van der Waals surface area contributed by atoms with E-state index in [9.17, 15) is 4.79 Å². The van der Waals surface area contributed by atoms with Crippen molar-refractivity contribution in [2.24, 2.45) is 0 Å². The largest absolute Gasteiger partial charge is 0.494 e. The standard InChI is InChI=1S/C27H31N3O2/c1-21-6-2-3-8-24(21)20-30(16-12-22-7-4-13-28-19-22)15-5-17-32-25-9-10-26-23(18-25)11-14-29-27(26)31/h2-4,6-10,13,18-19H,5,11-12,14-17,20H2,1H3,(H,29,31). The van der Waals surface area contributed by atoms with E-state index in [1.54, 1.807) is 0 Å². The Morgan fingerprint density at radius 2 is 2.00 bits per heavy atom. The topological polar surface area (TPSA) is 54.5 Å². The number of carbonyl (C=O) groups is 1. The van der Waals surface area contributed by atoms with Crippen molar-refractivity contribution in [3.05, 3.63) is 94.8 Å². The van der Waals surface area contributed by atoms with E-state index in [2.05, 4.69) is 52.5 Å². The number of aryl methyl sites for hydroxylation is 1. The van der Waals surface area contributed by atoms with Crippen LogP contribution in [0.1, 0.15) is 39.0 Å². The number of ether oxygens (including phenoxy) is 1. The summed E-state index contributed by atoms with van der Waals surface area (Å²) in [6.45, 7) is 6.40. The molecule has 1 N–H and O–H groups in total. The zero-order chi connectivity index (χ0) is 22.2. The molecule has 1 aromatic heterocycles. The second kappa shape index (κ2) is 10.9. The Morgan fingerprint density at radius 3 is 2.84 bits per heavy atom. The predicted molar refractivity (Wildman–Crippen MR) is 127 cm³/mol. The van der Waals surface area contributed by atoms with Crippen LogP contribution in [0.4, 0.5) is 0 Å². The first-order valence-electron chi connectivity index (χ1n) is 11.4. The lowest BCUT2D eigenvalue weighted by Gasteiger charge is -2.23. The summed E-state index contributed by atoms with van der Waals surface area (Å²) >= 11 is 0. The van der Waals surface area contributed by atoms with Crippen LogP contribution in [0.15, 0.2) is 67.0 Å². The summed E-state index contributed by atoms with van der Waals surface area (Å²) in [5, 5.41) is 2.88. The molecule has 5 nitrogen and oxygen atoms in total. The fourth-order valence-corrected chi connectivity index (χ4v) is 4.10. The van der Waals surface area contributed by atoms with Crippen LogP contribution >= 0.6 is 0 Å². The molecule has 0 spiro atoms. The van der Waals surface area contributed by atoms with Crippen molar-refractivity contribution in [3.8, 4) is 5.75 Å². The molecule has 0 saturated carbocycles. The summed E-state index contributed by atoms with van der Waals surface area (Å²) in [7, 11) is 0. The van der Waals surface area contributed by atoms with Crippen molar-refractivity contribution in [2.75, 3.05) is 26.2 Å². The summed E-state index contributed by atoms with van der Waals surface area (Å²) in [5.74, 6) is 0.859. The normalized spacial score (nSPS) is 13.0. The third-order valence-electron chi connectivity index (χ3n) is 5.98. The number of amides is 1. The van der Waals surface area contributed by atoms with Gasteiger partial charge >= 0.3 is 0 Å². The minimum absolute atomic E-state index is 0.0123. The van der Waals surface area contributed by atoms with E-state index < -0.39 is 0 Å². The lowest BCUT2D eigenvalue weighted by atomic mass is 10.0. The van der Waals surface area contributed by atoms with Crippen molar-refractivity contribution in [1.29, 1.82) is 0 Å². The van der Waals surface area contributed by atoms with Gasteiger partial charge in [-0.2, -0.15) is 0 Å². The Kier molecular flexibility index (Phi) is 7.51. The number of benzene rings is 2. The molecule has 166 valence electrons. The molecule has 1 aliphatic rings. The average Bonchev–Trinajstić information content (AvgIpc) is 2.82. The minimum atomic E-state index is 0.0123. The highest BCUT2D eigenvalue weighted by atomic mass is 16.5. The molecule has 3 aromatic rings. The number of rotatable bonds is 10. The molecular formula is C27H31N3O2. The number of hydrogen-bond donors (Lipinski definition) is 1. The Labute approximate surface area is 190 Å². The number of nitrogens with zero attached hydrogens (tertiary/aromatic N) is 2. The van der Waals surface area contributed by atoms with E-state index in [0.717, 1.165) is 55.8 Å². The fourth-order valence-electron chi connectivity index (χ4n) is 4.10. The van der Waals surface area contributed by atoms with Crippen molar-refractivity contribution < 1.29 is 9.53 Å². The first-order valence-corrected chi connectivity index (χ1v) is 11.4. The Balaban J connectivity index is 1.32. The van der Waals surface area contributed by atoms with Crippen LogP contribution in [0.5, 0.6) is 5.75 Å². The second-order valence-corrected chi connectivity index (χ2v) is 8.34. The van der Waals surface area contributed by atoms with Crippen LogP contribution in [0.2, 0.25) is 0 Å². The summed E-state index contributed by atoms with van der Waals surface area (Å²) in [4.78, 5) is 18.6. The molecule has 32 heavy (non-hydrogen) atoms. The molecule has 0 fully saturated rings. The lowest BCUT2D eigenvalue weighted by molar-refractivity contribution is 0.0946. The van der Waals surface area contributed by atoms with E-state index in [1.165, 1.54) is 16.7 Å². The molecule has 1 amide bonds. The van der Waals surface area contributed by atoms with Gasteiger partial charge in [0.25, 0.3) is 5.91 Å². The molecular weight excluding hydrogens is 398 g/mol. The Bertz CT molecular complexity index is 1040. The maximum absolute atomic E-state index is 11.9. The van der Waals surface area contributed by atoms with Gasteiger partial charge in [-0.05, 0) is 72.7 Å². The van der Waals surface area contributed by atoms with Gasteiger partial charge in [-0.15, -0.1) is 0 Å². The smallest absolute Gasteiger partial charge is 0.251 e. The van der Waals surface area contributed by atoms with Gasteiger partial charge in [-0.3, -0.25) is 14.7 Å². The Hall–Kier alpha value is -3.18. The SMILES string of the molecule is Cc1ccccc1CN(CCCOc1ccc2c(c1)CCNC2=O)CCc1cccnc1. The molecule has 0 aliphatic carbocycles. The highest BCUT2D eigenvalue weighted by molar-refractivity contribution is 5.96. The molecule has 0 unspecified atom stereocenters. The molecule has 0 radical (unpaired) electrons. The molecule has 2 aromatic carbocycles. The van der Waals surface area contributed by atoms with E-state index in [4.69, 9.17) is 4.74 Å². The van der Waals surface area contributed by atoms with Gasteiger partial charge in [0, 0.05) is 44.1 Å². The third kappa shape index (κ3) is 5.95. The molecule has 0 atom stereocenters.